The Morgan fingerprint density at radius 2 is 2.19 bits per heavy atom. The summed E-state index contributed by atoms with van der Waals surface area (Å²) < 4.78 is 0. The number of carboxylic acids is 1. The quantitative estimate of drug-likeness (QED) is 0.781. The summed E-state index contributed by atoms with van der Waals surface area (Å²) in [7, 11) is 0. The summed E-state index contributed by atoms with van der Waals surface area (Å²) in [5, 5.41) is 15.4. The van der Waals surface area contributed by atoms with E-state index in [0.717, 1.165) is 25.8 Å². The second kappa shape index (κ2) is 6.45. The molecule has 0 saturated carbocycles. The van der Waals surface area contributed by atoms with Gasteiger partial charge in [-0.2, -0.15) is 0 Å². The molecular weight excluding hydrogens is 292 g/mol. The highest BCUT2D eigenvalue weighted by atomic mass is 35.5. The first-order valence-corrected chi connectivity index (χ1v) is 7.41. The first-order valence-electron chi connectivity index (χ1n) is 7.03. The first kappa shape index (κ1) is 15.8. The number of amides is 1. The highest BCUT2D eigenvalue weighted by Crippen LogP contribution is 2.33. The number of anilines is 1. The van der Waals surface area contributed by atoms with E-state index in [9.17, 15) is 9.59 Å². The molecule has 6 heteroatoms. The van der Waals surface area contributed by atoms with Crippen LogP contribution in [-0.2, 0) is 4.79 Å². The van der Waals surface area contributed by atoms with Crippen LogP contribution in [0, 0.1) is 5.41 Å². The van der Waals surface area contributed by atoms with Gasteiger partial charge in [-0.1, -0.05) is 24.9 Å². The standard InChI is InChI=1S/C15H19ClN2O3/c1-2-3-15(4-5-17-9-15)14(21)18-12-7-10(13(19)20)6-11(16)8-12/h6-8,17H,2-5,9H2,1H3,(H,18,21)(H,19,20). The highest BCUT2D eigenvalue weighted by molar-refractivity contribution is 6.31. The zero-order chi connectivity index (χ0) is 15.5. The number of carbonyl (C=O) groups excluding carboxylic acids is 1. The molecule has 21 heavy (non-hydrogen) atoms. The van der Waals surface area contributed by atoms with Crippen LogP contribution in [0.3, 0.4) is 0 Å². The second-order valence-electron chi connectivity index (χ2n) is 5.44. The molecule has 0 aliphatic carbocycles. The van der Waals surface area contributed by atoms with Crippen LogP contribution in [0.2, 0.25) is 5.02 Å². The summed E-state index contributed by atoms with van der Waals surface area (Å²) in [5.74, 6) is -1.15. The molecule has 2 rings (SSSR count). The van der Waals surface area contributed by atoms with Crippen molar-refractivity contribution in [3.05, 3.63) is 28.8 Å². The van der Waals surface area contributed by atoms with E-state index >= 15 is 0 Å². The van der Waals surface area contributed by atoms with Crippen LogP contribution in [0.1, 0.15) is 36.5 Å². The summed E-state index contributed by atoms with van der Waals surface area (Å²) in [6.07, 6.45) is 2.52. The van der Waals surface area contributed by atoms with Crippen molar-refractivity contribution in [1.82, 2.24) is 5.32 Å². The van der Waals surface area contributed by atoms with E-state index in [-0.39, 0.29) is 11.5 Å². The number of nitrogens with one attached hydrogen (secondary N) is 2. The van der Waals surface area contributed by atoms with Gasteiger partial charge in [0.25, 0.3) is 0 Å². The molecule has 114 valence electrons. The van der Waals surface area contributed by atoms with Crippen molar-refractivity contribution < 1.29 is 14.7 Å². The van der Waals surface area contributed by atoms with Gasteiger partial charge >= 0.3 is 5.97 Å². The fourth-order valence-electron chi connectivity index (χ4n) is 2.79. The van der Waals surface area contributed by atoms with Gasteiger partial charge in [0.1, 0.15) is 0 Å². The van der Waals surface area contributed by atoms with Gasteiger partial charge in [-0.3, -0.25) is 4.79 Å². The van der Waals surface area contributed by atoms with Crippen LogP contribution in [0.25, 0.3) is 0 Å². The number of carboxylic acid groups (broad SMARTS) is 1. The van der Waals surface area contributed by atoms with Gasteiger partial charge in [0.2, 0.25) is 5.91 Å². The van der Waals surface area contributed by atoms with E-state index in [0.29, 0.717) is 17.3 Å². The number of hydrogen-bond donors (Lipinski definition) is 3. The molecule has 0 aromatic heterocycles. The van der Waals surface area contributed by atoms with Crippen molar-refractivity contribution in [2.45, 2.75) is 26.2 Å². The van der Waals surface area contributed by atoms with E-state index in [4.69, 9.17) is 16.7 Å². The van der Waals surface area contributed by atoms with Gasteiger partial charge < -0.3 is 15.7 Å². The Labute approximate surface area is 128 Å². The topological polar surface area (TPSA) is 78.4 Å². The minimum atomic E-state index is -1.07. The summed E-state index contributed by atoms with van der Waals surface area (Å²) in [4.78, 5) is 23.6. The van der Waals surface area contributed by atoms with E-state index in [1.807, 2.05) is 0 Å². The van der Waals surface area contributed by atoms with E-state index in [1.54, 1.807) is 6.07 Å². The second-order valence-corrected chi connectivity index (χ2v) is 5.88. The molecule has 1 saturated heterocycles. The molecule has 1 aromatic carbocycles. The molecule has 0 bridgehead atoms. The van der Waals surface area contributed by atoms with Crippen LogP contribution in [0.15, 0.2) is 18.2 Å². The SMILES string of the molecule is CCCC1(C(=O)Nc2cc(Cl)cc(C(=O)O)c2)CCNC1. The van der Waals surface area contributed by atoms with Crippen LogP contribution in [0.4, 0.5) is 5.69 Å². The lowest BCUT2D eigenvalue weighted by Gasteiger charge is -2.26. The first-order chi connectivity index (χ1) is 9.97. The van der Waals surface area contributed by atoms with Crippen LogP contribution >= 0.6 is 11.6 Å². The van der Waals surface area contributed by atoms with Crippen LogP contribution in [-0.4, -0.2) is 30.1 Å². The van der Waals surface area contributed by atoms with Crippen LogP contribution < -0.4 is 10.6 Å². The lowest BCUT2D eigenvalue weighted by molar-refractivity contribution is -0.125. The Hall–Kier alpha value is -1.59. The zero-order valence-corrected chi connectivity index (χ0v) is 12.7. The Morgan fingerprint density at radius 1 is 1.43 bits per heavy atom. The molecule has 0 spiro atoms. The third kappa shape index (κ3) is 3.54. The summed E-state index contributed by atoms with van der Waals surface area (Å²) in [5.41, 5.74) is 0.0691. The normalized spacial score (nSPS) is 21.2. The predicted molar refractivity (Wildman–Crippen MR) is 81.9 cm³/mol. The summed E-state index contributed by atoms with van der Waals surface area (Å²) >= 11 is 5.91. The Morgan fingerprint density at radius 3 is 2.76 bits per heavy atom. The maximum absolute atomic E-state index is 12.6. The predicted octanol–water partition coefficient (Wildman–Crippen LogP) is 2.76. The average Bonchev–Trinajstić information content (AvgIpc) is 2.88. The Kier molecular flexibility index (Phi) is 4.85. The van der Waals surface area contributed by atoms with Gasteiger partial charge in [0, 0.05) is 17.3 Å². The monoisotopic (exact) mass is 310 g/mol. The van der Waals surface area contributed by atoms with Crippen molar-refractivity contribution in [3.8, 4) is 0 Å². The van der Waals surface area contributed by atoms with Crippen molar-refractivity contribution in [3.63, 3.8) is 0 Å². The van der Waals surface area contributed by atoms with Crippen molar-refractivity contribution >= 4 is 29.2 Å². The maximum atomic E-state index is 12.6. The minimum Gasteiger partial charge on any atom is -0.478 e. The molecular formula is C15H19ClN2O3. The summed E-state index contributed by atoms with van der Waals surface area (Å²) in [6, 6.07) is 4.35. The smallest absolute Gasteiger partial charge is 0.335 e. The van der Waals surface area contributed by atoms with E-state index in [2.05, 4.69) is 17.6 Å². The lowest BCUT2D eigenvalue weighted by Crippen LogP contribution is -2.38. The van der Waals surface area contributed by atoms with Gasteiger partial charge in [0.15, 0.2) is 0 Å². The molecule has 1 fully saturated rings. The maximum Gasteiger partial charge on any atom is 0.335 e. The molecule has 1 aliphatic heterocycles. The zero-order valence-electron chi connectivity index (χ0n) is 11.9. The third-order valence-electron chi connectivity index (χ3n) is 3.86. The molecule has 1 heterocycles. The van der Waals surface area contributed by atoms with Gasteiger partial charge in [-0.05, 0) is 37.6 Å². The van der Waals surface area contributed by atoms with Crippen molar-refractivity contribution in [1.29, 1.82) is 0 Å². The van der Waals surface area contributed by atoms with E-state index in [1.165, 1.54) is 12.1 Å². The molecule has 0 radical (unpaired) electrons. The Bertz CT molecular complexity index is 554. The van der Waals surface area contributed by atoms with E-state index < -0.39 is 11.4 Å². The molecule has 1 aliphatic rings. The molecule has 1 atom stereocenters. The third-order valence-corrected chi connectivity index (χ3v) is 4.07. The fraction of sp³-hybridized carbons (Fsp3) is 0.467. The number of hydrogen-bond acceptors (Lipinski definition) is 3. The van der Waals surface area contributed by atoms with Gasteiger partial charge in [-0.25, -0.2) is 4.79 Å². The molecule has 5 nitrogen and oxygen atoms in total. The van der Waals surface area contributed by atoms with Crippen molar-refractivity contribution in [2.75, 3.05) is 18.4 Å². The number of rotatable bonds is 5. The largest absolute Gasteiger partial charge is 0.478 e. The fourth-order valence-corrected chi connectivity index (χ4v) is 3.03. The number of aromatic carboxylic acids is 1. The van der Waals surface area contributed by atoms with Crippen molar-refractivity contribution in [2.24, 2.45) is 5.41 Å². The number of halogens is 1. The highest BCUT2D eigenvalue weighted by Gasteiger charge is 2.40. The molecule has 3 N–H and O–H groups in total. The number of carbonyl (C=O) groups is 2. The lowest BCUT2D eigenvalue weighted by atomic mass is 9.81. The minimum absolute atomic E-state index is 0.0619. The van der Waals surface area contributed by atoms with Crippen LogP contribution in [0.5, 0.6) is 0 Å². The molecule has 1 aromatic rings. The average molecular weight is 311 g/mol. The molecule has 1 unspecified atom stereocenters. The summed E-state index contributed by atoms with van der Waals surface area (Å²) in [6.45, 7) is 3.53. The van der Waals surface area contributed by atoms with Gasteiger partial charge in [-0.15, -0.1) is 0 Å². The number of benzene rings is 1. The van der Waals surface area contributed by atoms with Gasteiger partial charge in [0.05, 0.1) is 11.0 Å². The Balaban J connectivity index is 2.20. The molecule has 1 amide bonds.